The lowest BCUT2D eigenvalue weighted by Crippen LogP contribution is -2.28. The van der Waals surface area contributed by atoms with Crippen molar-refractivity contribution in [3.8, 4) is 6.07 Å². The van der Waals surface area contributed by atoms with Gasteiger partial charge >= 0.3 is 0 Å². The SMILES string of the molecule is Cc1cc(C)c2nc3c(c(CC#N)c2c1)CN(C)CC3. The van der Waals surface area contributed by atoms with E-state index in [-0.39, 0.29) is 0 Å². The Bertz CT molecular complexity index is 725. The molecule has 0 unspecified atom stereocenters. The lowest BCUT2D eigenvalue weighted by atomic mass is 9.92. The van der Waals surface area contributed by atoms with Gasteiger partial charge in [-0.05, 0) is 43.7 Å². The summed E-state index contributed by atoms with van der Waals surface area (Å²) in [6.45, 7) is 6.17. The average Bonchev–Trinajstić information content (AvgIpc) is 2.40. The zero-order valence-electron chi connectivity index (χ0n) is 12.3. The van der Waals surface area contributed by atoms with Gasteiger partial charge in [0.2, 0.25) is 0 Å². The molecule has 2 heterocycles. The van der Waals surface area contributed by atoms with Crippen LogP contribution in [0.3, 0.4) is 0 Å². The largest absolute Gasteiger partial charge is 0.302 e. The zero-order chi connectivity index (χ0) is 14.3. The number of hydrogen-bond donors (Lipinski definition) is 0. The molecule has 1 aliphatic heterocycles. The molecule has 0 bridgehead atoms. The molecular formula is C17H19N3. The van der Waals surface area contributed by atoms with Gasteiger partial charge in [0.05, 0.1) is 18.0 Å². The first-order chi connectivity index (χ1) is 9.60. The maximum atomic E-state index is 9.20. The van der Waals surface area contributed by atoms with Crippen LogP contribution in [0.4, 0.5) is 0 Å². The maximum absolute atomic E-state index is 9.20. The van der Waals surface area contributed by atoms with Crippen LogP contribution in [-0.4, -0.2) is 23.5 Å². The lowest BCUT2D eigenvalue weighted by Gasteiger charge is -2.27. The van der Waals surface area contributed by atoms with Crippen LogP contribution in [0.5, 0.6) is 0 Å². The predicted molar refractivity (Wildman–Crippen MR) is 80.6 cm³/mol. The molecule has 0 N–H and O–H groups in total. The molecule has 20 heavy (non-hydrogen) atoms. The van der Waals surface area contributed by atoms with Gasteiger partial charge in [-0.3, -0.25) is 4.98 Å². The highest BCUT2D eigenvalue weighted by Gasteiger charge is 2.21. The smallest absolute Gasteiger partial charge is 0.0737 e. The third-order valence-electron chi connectivity index (χ3n) is 4.14. The van der Waals surface area contributed by atoms with E-state index < -0.39 is 0 Å². The number of aryl methyl sites for hydroxylation is 2. The Morgan fingerprint density at radius 1 is 1.35 bits per heavy atom. The van der Waals surface area contributed by atoms with Crippen molar-refractivity contribution in [1.29, 1.82) is 5.26 Å². The Kier molecular flexibility index (Phi) is 3.19. The lowest BCUT2D eigenvalue weighted by molar-refractivity contribution is 0.309. The van der Waals surface area contributed by atoms with E-state index in [4.69, 9.17) is 4.98 Å². The molecule has 0 atom stereocenters. The molecule has 0 radical (unpaired) electrons. The van der Waals surface area contributed by atoms with Gasteiger partial charge < -0.3 is 4.90 Å². The van der Waals surface area contributed by atoms with Gasteiger partial charge in [0, 0.05) is 30.6 Å². The Balaban J connectivity index is 2.36. The van der Waals surface area contributed by atoms with Crippen molar-refractivity contribution in [3.63, 3.8) is 0 Å². The average molecular weight is 265 g/mol. The van der Waals surface area contributed by atoms with Crippen LogP contribution in [-0.2, 0) is 19.4 Å². The van der Waals surface area contributed by atoms with Crippen LogP contribution in [0.15, 0.2) is 12.1 Å². The Hall–Kier alpha value is -1.92. The Morgan fingerprint density at radius 3 is 2.90 bits per heavy atom. The first kappa shape index (κ1) is 13.1. The van der Waals surface area contributed by atoms with Crippen LogP contribution in [0.25, 0.3) is 10.9 Å². The summed E-state index contributed by atoms with van der Waals surface area (Å²) in [6.07, 6.45) is 1.45. The molecule has 102 valence electrons. The van der Waals surface area contributed by atoms with Gasteiger partial charge in [-0.25, -0.2) is 0 Å². The highest BCUT2D eigenvalue weighted by atomic mass is 15.1. The molecule has 1 aliphatic rings. The summed E-state index contributed by atoms with van der Waals surface area (Å²) in [4.78, 5) is 7.20. The highest BCUT2D eigenvalue weighted by Crippen LogP contribution is 2.30. The first-order valence-electron chi connectivity index (χ1n) is 7.07. The number of pyridine rings is 1. The monoisotopic (exact) mass is 265 g/mol. The summed E-state index contributed by atoms with van der Waals surface area (Å²) < 4.78 is 0. The fourth-order valence-corrected chi connectivity index (χ4v) is 3.20. The van der Waals surface area contributed by atoms with E-state index in [0.29, 0.717) is 6.42 Å². The second-order valence-corrected chi connectivity index (χ2v) is 5.82. The van der Waals surface area contributed by atoms with Crippen molar-refractivity contribution in [3.05, 3.63) is 40.1 Å². The molecule has 0 saturated heterocycles. The number of likely N-dealkylation sites (N-methyl/N-ethyl adjacent to an activating group) is 1. The minimum atomic E-state index is 0.470. The summed E-state index contributed by atoms with van der Waals surface area (Å²) in [6, 6.07) is 6.68. The Labute approximate surface area is 119 Å². The van der Waals surface area contributed by atoms with Crippen LogP contribution in [0, 0.1) is 25.2 Å². The van der Waals surface area contributed by atoms with Crippen molar-refractivity contribution >= 4 is 10.9 Å². The summed E-state index contributed by atoms with van der Waals surface area (Å²) >= 11 is 0. The Morgan fingerprint density at radius 2 is 2.15 bits per heavy atom. The number of rotatable bonds is 1. The number of nitriles is 1. The quantitative estimate of drug-likeness (QED) is 0.796. The van der Waals surface area contributed by atoms with Gasteiger partial charge in [-0.2, -0.15) is 5.26 Å². The van der Waals surface area contributed by atoms with Gasteiger partial charge in [0.1, 0.15) is 0 Å². The first-order valence-corrected chi connectivity index (χ1v) is 7.07. The van der Waals surface area contributed by atoms with E-state index in [1.54, 1.807) is 0 Å². The van der Waals surface area contributed by atoms with Gasteiger partial charge in [-0.1, -0.05) is 11.6 Å². The topological polar surface area (TPSA) is 39.9 Å². The van der Waals surface area contributed by atoms with E-state index >= 15 is 0 Å². The van der Waals surface area contributed by atoms with Crippen molar-refractivity contribution < 1.29 is 0 Å². The summed E-state index contributed by atoms with van der Waals surface area (Å²) in [5.74, 6) is 0. The van der Waals surface area contributed by atoms with E-state index in [1.165, 1.54) is 27.9 Å². The molecule has 3 rings (SSSR count). The van der Waals surface area contributed by atoms with Crippen molar-refractivity contribution in [2.75, 3.05) is 13.6 Å². The van der Waals surface area contributed by atoms with E-state index in [9.17, 15) is 5.26 Å². The number of hydrogen-bond acceptors (Lipinski definition) is 3. The third-order valence-corrected chi connectivity index (χ3v) is 4.14. The minimum Gasteiger partial charge on any atom is -0.302 e. The van der Waals surface area contributed by atoms with Crippen LogP contribution >= 0.6 is 0 Å². The molecule has 0 saturated carbocycles. The van der Waals surface area contributed by atoms with Crippen molar-refractivity contribution in [2.24, 2.45) is 0 Å². The fraction of sp³-hybridized carbons (Fsp3) is 0.412. The number of aromatic nitrogens is 1. The molecule has 3 heteroatoms. The number of nitrogens with zero attached hydrogens (tertiary/aromatic N) is 3. The molecule has 0 amide bonds. The van der Waals surface area contributed by atoms with E-state index in [0.717, 1.165) is 30.4 Å². The van der Waals surface area contributed by atoms with Crippen LogP contribution in [0.1, 0.15) is 27.9 Å². The minimum absolute atomic E-state index is 0.470. The van der Waals surface area contributed by atoms with Crippen molar-refractivity contribution in [2.45, 2.75) is 33.2 Å². The fourth-order valence-electron chi connectivity index (χ4n) is 3.20. The molecule has 3 nitrogen and oxygen atoms in total. The van der Waals surface area contributed by atoms with Crippen LogP contribution in [0.2, 0.25) is 0 Å². The van der Waals surface area contributed by atoms with E-state index in [2.05, 4.69) is 44.0 Å². The standard InChI is InChI=1S/C17H19N3/c1-11-8-12(2)17-14(9-11)13(4-6-18)15-10-20(3)7-5-16(15)19-17/h8-9H,4-5,7,10H2,1-3H3. The van der Waals surface area contributed by atoms with Gasteiger partial charge in [0.25, 0.3) is 0 Å². The number of fused-ring (bicyclic) bond motifs is 2. The van der Waals surface area contributed by atoms with Crippen LogP contribution < -0.4 is 0 Å². The molecule has 0 spiro atoms. The molecule has 1 aromatic carbocycles. The molecule has 1 aromatic heterocycles. The normalized spacial score (nSPS) is 15.1. The molecule has 0 aliphatic carbocycles. The third kappa shape index (κ3) is 2.07. The second-order valence-electron chi connectivity index (χ2n) is 5.82. The predicted octanol–water partition coefficient (Wildman–Crippen LogP) is 2.91. The summed E-state index contributed by atoms with van der Waals surface area (Å²) in [7, 11) is 2.13. The second kappa shape index (κ2) is 4.88. The maximum Gasteiger partial charge on any atom is 0.0737 e. The zero-order valence-corrected chi connectivity index (χ0v) is 12.3. The van der Waals surface area contributed by atoms with Gasteiger partial charge in [-0.15, -0.1) is 0 Å². The summed E-state index contributed by atoms with van der Waals surface area (Å²) in [5.41, 5.74) is 7.17. The van der Waals surface area contributed by atoms with Gasteiger partial charge in [0.15, 0.2) is 0 Å². The van der Waals surface area contributed by atoms with E-state index in [1.807, 2.05) is 0 Å². The highest BCUT2D eigenvalue weighted by molar-refractivity contribution is 5.87. The summed E-state index contributed by atoms with van der Waals surface area (Å²) in [5, 5.41) is 10.4. The number of benzene rings is 1. The molecular weight excluding hydrogens is 246 g/mol. The van der Waals surface area contributed by atoms with Crippen molar-refractivity contribution in [1.82, 2.24) is 9.88 Å². The molecule has 2 aromatic rings. The molecule has 0 fully saturated rings.